The van der Waals surface area contributed by atoms with Gasteiger partial charge in [0.15, 0.2) is 0 Å². The Hall–Kier alpha value is -1.41. The van der Waals surface area contributed by atoms with Gasteiger partial charge in [0.25, 0.3) is 0 Å². The molecule has 0 unspecified atom stereocenters. The molecule has 0 N–H and O–H groups in total. The lowest BCUT2D eigenvalue weighted by Gasteiger charge is -1.96. The van der Waals surface area contributed by atoms with Crippen molar-refractivity contribution in [3.05, 3.63) is 47.9 Å². The number of carbonyl (C=O) groups excluding carboxylic acids is 1. The summed E-state index contributed by atoms with van der Waals surface area (Å²) in [6.07, 6.45) is 2.65. The van der Waals surface area contributed by atoms with Gasteiger partial charge in [0.1, 0.15) is 5.78 Å². The number of rotatable bonds is 4. The smallest absolute Gasteiger partial charge is 0.141 e. The summed E-state index contributed by atoms with van der Waals surface area (Å²) < 4.78 is 1.25. The average molecular weight is 216 g/mol. The largest absolute Gasteiger partial charge is 0.299 e. The normalized spacial score (nSPS) is 10.4. The Balaban J connectivity index is 2.28. The van der Waals surface area contributed by atoms with Crippen LogP contribution < -0.4 is 0 Å². The number of hydrogen-bond acceptors (Lipinski definition) is 2. The molecule has 0 bridgehead atoms. The van der Waals surface area contributed by atoms with E-state index in [1.54, 1.807) is 17.4 Å². The van der Waals surface area contributed by atoms with Gasteiger partial charge in [-0.3, -0.25) is 4.79 Å². The Kier molecular flexibility index (Phi) is 2.97. The highest BCUT2D eigenvalue weighted by atomic mass is 32.1. The van der Waals surface area contributed by atoms with Crippen LogP contribution in [0.5, 0.6) is 0 Å². The topological polar surface area (TPSA) is 17.1 Å². The van der Waals surface area contributed by atoms with Gasteiger partial charge in [-0.2, -0.15) is 0 Å². The summed E-state index contributed by atoms with van der Waals surface area (Å²) in [6, 6.07) is 8.19. The third-order valence-electron chi connectivity index (χ3n) is 2.32. The fourth-order valence-corrected chi connectivity index (χ4v) is 2.58. The molecule has 0 spiro atoms. The minimum absolute atomic E-state index is 0.230. The van der Waals surface area contributed by atoms with Crippen molar-refractivity contribution in [3.63, 3.8) is 0 Å². The van der Waals surface area contributed by atoms with Gasteiger partial charge in [-0.05, 0) is 22.4 Å². The number of carbonyl (C=O) groups is 1. The zero-order chi connectivity index (χ0) is 10.7. The first-order valence-corrected chi connectivity index (χ1v) is 5.77. The Morgan fingerprint density at radius 3 is 3.00 bits per heavy atom. The van der Waals surface area contributed by atoms with Crippen LogP contribution in [0.2, 0.25) is 0 Å². The van der Waals surface area contributed by atoms with Crippen LogP contribution in [0, 0.1) is 0 Å². The molecule has 1 aromatic carbocycles. The Bertz CT molecular complexity index is 496. The number of hydrogen-bond donors (Lipinski definition) is 0. The van der Waals surface area contributed by atoms with E-state index in [0.29, 0.717) is 12.8 Å². The summed E-state index contributed by atoms with van der Waals surface area (Å²) in [5, 5.41) is 3.28. The van der Waals surface area contributed by atoms with E-state index in [1.807, 2.05) is 12.1 Å². The van der Waals surface area contributed by atoms with Crippen molar-refractivity contribution < 1.29 is 4.79 Å². The molecule has 2 rings (SSSR count). The molecule has 0 fully saturated rings. The monoisotopic (exact) mass is 216 g/mol. The van der Waals surface area contributed by atoms with E-state index in [2.05, 4.69) is 24.1 Å². The van der Waals surface area contributed by atoms with E-state index in [4.69, 9.17) is 0 Å². The first kappa shape index (κ1) is 10.1. The first-order chi connectivity index (χ1) is 7.31. The van der Waals surface area contributed by atoms with Crippen LogP contribution in [0.4, 0.5) is 0 Å². The summed E-state index contributed by atoms with van der Waals surface area (Å²) in [6.45, 7) is 3.57. The van der Waals surface area contributed by atoms with Gasteiger partial charge in [0.05, 0.1) is 0 Å². The molecule has 0 saturated carbocycles. The number of allylic oxidation sites excluding steroid dienone is 1. The molecule has 0 amide bonds. The second kappa shape index (κ2) is 4.41. The molecular formula is C13H12OS. The lowest BCUT2D eigenvalue weighted by atomic mass is 10.1. The molecular weight excluding hydrogens is 204 g/mol. The fourth-order valence-electron chi connectivity index (χ4n) is 1.62. The predicted octanol–water partition coefficient (Wildman–Crippen LogP) is 3.59. The van der Waals surface area contributed by atoms with Crippen LogP contribution in [0.3, 0.4) is 0 Å². The fraction of sp³-hybridized carbons (Fsp3) is 0.154. The number of thiophene rings is 1. The minimum atomic E-state index is 0.230. The molecule has 0 aliphatic carbocycles. The summed E-state index contributed by atoms with van der Waals surface area (Å²) in [5.74, 6) is 0.230. The van der Waals surface area contributed by atoms with Crippen molar-refractivity contribution in [1.82, 2.24) is 0 Å². The maximum Gasteiger partial charge on any atom is 0.141 e. The number of ketones is 1. The molecule has 1 heterocycles. The van der Waals surface area contributed by atoms with E-state index >= 15 is 0 Å². The molecule has 2 heteroatoms. The lowest BCUT2D eigenvalue weighted by Crippen LogP contribution is -1.99. The van der Waals surface area contributed by atoms with Crippen LogP contribution in [-0.2, 0) is 11.2 Å². The molecule has 0 aliphatic heterocycles. The van der Waals surface area contributed by atoms with Gasteiger partial charge in [0.2, 0.25) is 0 Å². The Labute approximate surface area is 93.1 Å². The third kappa shape index (κ3) is 2.16. The molecule has 2 aromatic rings. The van der Waals surface area contributed by atoms with Crippen molar-refractivity contribution in [1.29, 1.82) is 0 Å². The Morgan fingerprint density at radius 1 is 1.40 bits per heavy atom. The predicted molar refractivity (Wildman–Crippen MR) is 65.4 cm³/mol. The molecule has 76 valence electrons. The maximum absolute atomic E-state index is 11.5. The number of Topliss-reactive ketones (excluding diaryl/α,β-unsaturated/α-hetero) is 1. The molecule has 1 nitrogen and oxygen atoms in total. The van der Waals surface area contributed by atoms with E-state index in [9.17, 15) is 4.79 Å². The molecule has 15 heavy (non-hydrogen) atoms. The summed E-state index contributed by atoms with van der Waals surface area (Å²) >= 11 is 1.70. The van der Waals surface area contributed by atoms with Gasteiger partial charge in [-0.1, -0.05) is 24.3 Å². The highest BCUT2D eigenvalue weighted by Gasteiger charge is 2.07. The van der Waals surface area contributed by atoms with E-state index in [-0.39, 0.29) is 5.78 Å². The van der Waals surface area contributed by atoms with Crippen LogP contribution in [-0.4, -0.2) is 5.78 Å². The second-order valence-electron chi connectivity index (χ2n) is 3.47. The first-order valence-electron chi connectivity index (χ1n) is 4.89. The van der Waals surface area contributed by atoms with Crippen molar-refractivity contribution >= 4 is 27.2 Å². The zero-order valence-corrected chi connectivity index (χ0v) is 9.22. The van der Waals surface area contributed by atoms with Gasteiger partial charge in [0, 0.05) is 17.5 Å². The molecule has 1 aromatic heterocycles. The summed E-state index contributed by atoms with van der Waals surface area (Å²) in [5.41, 5.74) is 1.14. The highest BCUT2D eigenvalue weighted by molar-refractivity contribution is 7.17. The summed E-state index contributed by atoms with van der Waals surface area (Å²) in [7, 11) is 0. The molecule has 0 saturated heterocycles. The average Bonchev–Trinajstić information content (AvgIpc) is 2.62. The standard InChI is InChI=1S/C13H12OS/c1-2-5-11(14)8-10-9-15-13-7-4-3-6-12(10)13/h2-4,6-7,9H,1,5,8H2. The quantitative estimate of drug-likeness (QED) is 0.714. The van der Waals surface area contributed by atoms with Crippen molar-refractivity contribution in [2.45, 2.75) is 12.8 Å². The summed E-state index contributed by atoms with van der Waals surface area (Å²) in [4.78, 5) is 11.5. The lowest BCUT2D eigenvalue weighted by molar-refractivity contribution is -0.117. The van der Waals surface area contributed by atoms with Crippen LogP contribution in [0.1, 0.15) is 12.0 Å². The SMILES string of the molecule is C=CCC(=O)Cc1csc2ccccc12. The van der Waals surface area contributed by atoms with E-state index in [1.165, 1.54) is 10.1 Å². The second-order valence-corrected chi connectivity index (χ2v) is 4.38. The van der Waals surface area contributed by atoms with Crippen molar-refractivity contribution in [3.8, 4) is 0 Å². The van der Waals surface area contributed by atoms with Crippen LogP contribution in [0.25, 0.3) is 10.1 Å². The van der Waals surface area contributed by atoms with Gasteiger partial charge >= 0.3 is 0 Å². The van der Waals surface area contributed by atoms with Crippen molar-refractivity contribution in [2.24, 2.45) is 0 Å². The maximum atomic E-state index is 11.5. The van der Waals surface area contributed by atoms with Gasteiger partial charge < -0.3 is 0 Å². The van der Waals surface area contributed by atoms with Crippen molar-refractivity contribution in [2.75, 3.05) is 0 Å². The van der Waals surface area contributed by atoms with Gasteiger partial charge in [-0.15, -0.1) is 17.9 Å². The number of benzene rings is 1. The minimum Gasteiger partial charge on any atom is -0.299 e. The Morgan fingerprint density at radius 2 is 2.20 bits per heavy atom. The molecule has 0 aliphatic rings. The van der Waals surface area contributed by atoms with Crippen LogP contribution >= 0.6 is 11.3 Å². The number of fused-ring (bicyclic) bond motifs is 1. The van der Waals surface area contributed by atoms with Crippen LogP contribution in [0.15, 0.2) is 42.3 Å². The van der Waals surface area contributed by atoms with E-state index < -0.39 is 0 Å². The molecule has 0 atom stereocenters. The van der Waals surface area contributed by atoms with Gasteiger partial charge in [-0.25, -0.2) is 0 Å². The molecule has 0 radical (unpaired) electrons. The highest BCUT2D eigenvalue weighted by Crippen LogP contribution is 2.26. The zero-order valence-electron chi connectivity index (χ0n) is 8.40. The van der Waals surface area contributed by atoms with E-state index in [0.717, 1.165) is 5.56 Å². The third-order valence-corrected chi connectivity index (χ3v) is 3.33.